The van der Waals surface area contributed by atoms with E-state index >= 15 is 0 Å². The molecule has 112 valence electrons. The van der Waals surface area contributed by atoms with Gasteiger partial charge >= 0.3 is 0 Å². The molecular formula is C14H21FN2O2S. The highest BCUT2D eigenvalue weighted by Crippen LogP contribution is 2.30. The van der Waals surface area contributed by atoms with Crippen molar-refractivity contribution in [2.75, 3.05) is 12.8 Å². The molecule has 0 spiro atoms. The molecule has 0 heterocycles. The Morgan fingerprint density at radius 3 is 2.40 bits per heavy atom. The van der Waals surface area contributed by atoms with Crippen molar-refractivity contribution in [2.24, 2.45) is 5.92 Å². The van der Waals surface area contributed by atoms with Crippen molar-refractivity contribution in [1.82, 2.24) is 4.31 Å². The van der Waals surface area contributed by atoms with Gasteiger partial charge in [0.25, 0.3) is 0 Å². The second-order valence-corrected chi connectivity index (χ2v) is 7.59. The first-order valence-corrected chi connectivity index (χ1v) is 8.29. The normalized spacial score (nSPS) is 24.0. The minimum atomic E-state index is -3.80. The lowest BCUT2D eigenvalue weighted by Gasteiger charge is -2.32. The average molecular weight is 300 g/mol. The fourth-order valence-corrected chi connectivity index (χ4v) is 4.14. The zero-order chi connectivity index (χ0) is 14.9. The molecular weight excluding hydrogens is 279 g/mol. The molecule has 20 heavy (non-hydrogen) atoms. The van der Waals surface area contributed by atoms with Crippen LogP contribution in [0.25, 0.3) is 0 Å². The summed E-state index contributed by atoms with van der Waals surface area (Å²) in [6.45, 7) is 2.17. The van der Waals surface area contributed by atoms with Gasteiger partial charge in [-0.05, 0) is 49.8 Å². The maximum absolute atomic E-state index is 13.8. The quantitative estimate of drug-likeness (QED) is 0.873. The number of halogens is 1. The van der Waals surface area contributed by atoms with Crippen LogP contribution in [0.5, 0.6) is 0 Å². The lowest BCUT2D eigenvalue weighted by atomic mass is 9.87. The zero-order valence-corrected chi connectivity index (χ0v) is 12.7. The Kier molecular flexibility index (Phi) is 4.34. The number of nitrogens with zero attached hydrogens (tertiary/aromatic N) is 1. The van der Waals surface area contributed by atoms with Crippen molar-refractivity contribution in [2.45, 2.75) is 43.5 Å². The molecule has 2 rings (SSSR count). The molecule has 1 aliphatic rings. The number of rotatable bonds is 3. The van der Waals surface area contributed by atoms with Crippen LogP contribution in [0.4, 0.5) is 10.1 Å². The molecule has 1 fully saturated rings. The predicted molar refractivity (Wildman–Crippen MR) is 77.2 cm³/mol. The van der Waals surface area contributed by atoms with Gasteiger partial charge in [-0.3, -0.25) is 0 Å². The maximum atomic E-state index is 13.8. The lowest BCUT2D eigenvalue weighted by molar-refractivity contribution is 0.245. The molecule has 1 aromatic carbocycles. The highest BCUT2D eigenvalue weighted by Gasteiger charge is 2.32. The standard InChI is InChI=1S/C14H21FN2O2S/c1-10-3-6-12(7-4-10)17(2)20(18,19)14-8-5-11(16)9-13(14)15/h5,8-10,12H,3-4,6-7,16H2,1-2H3. The second kappa shape index (κ2) is 5.69. The molecule has 0 atom stereocenters. The fourth-order valence-electron chi connectivity index (χ4n) is 2.68. The first-order valence-electron chi connectivity index (χ1n) is 6.85. The fraction of sp³-hybridized carbons (Fsp3) is 0.571. The van der Waals surface area contributed by atoms with Crippen LogP contribution < -0.4 is 5.73 Å². The van der Waals surface area contributed by atoms with Gasteiger partial charge in [0.1, 0.15) is 10.7 Å². The van der Waals surface area contributed by atoms with Crippen LogP contribution >= 0.6 is 0 Å². The first kappa shape index (κ1) is 15.3. The molecule has 0 radical (unpaired) electrons. The van der Waals surface area contributed by atoms with Crippen LogP contribution in [0.15, 0.2) is 23.1 Å². The van der Waals surface area contributed by atoms with E-state index in [2.05, 4.69) is 6.92 Å². The van der Waals surface area contributed by atoms with Crippen LogP contribution in [-0.4, -0.2) is 25.8 Å². The monoisotopic (exact) mass is 300 g/mol. The summed E-state index contributed by atoms with van der Waals surface area (Å²) in [5.74, 6) is -0.156. The Balaban J connectivity index is 2.25. The zero-order valence-electron chi connectivity index (χ0n) is 11.8. The molecule has 1 saturated carbocycles. The summed E-state index contributed by atoms with van der Waals surface area (Å²) in [6.07, 6.45) is 3.67. The van der Waals surface area contributed by atoms with Gasteiger partial charge in [-0.25, -0.2) is 12.8 Å². The van der Waals surface area contributed by atoms with E-state index in [0.29, 0.717) is 5.92 Å². The van der Waals surface area contributed by atoms with E-state index in [4.69, 9.17) is 5.73 Å². The molecule has 4 nitrogen and oxygen atoms in total. The number of nitrogens with two attached hydrogens (primary N) is 1. The van der Waals surface area contributed by atoms with Gasteiger partial charge in [0.15, 0.2) is 0 Å². The molecule has 1 aliphatic carbocycles. The lowest BCUT2D eigenvalue weighted by Crippen LogP contribution is -2.39. The largest absolute Gasteiger partial charge is 0.399 e. The number of anilines is 1. The molecule has 0 bridgehead atoms. The molecule has 0 saturated heterocycles. The first-order chi connectivity index (χ1) is 9.32. The van der Waals surface area contributed by atoms with E-state index in [9.17, 15) is 12.8 Å². The number of hydrogen-bond donors (Lipinski definition) is 1. The summed E-state index contributed by atoms with van der Waals surface area (Å²) < 4.78 is 40.1. The molecule has 0 aliphatic heterocycles. The van der Waals surface area contributed by atoms with E-state index in [0.717, 1.165) is 31.7 Å². The molecule has 1 aromatic rings. The Hall–Kier alpha value is -1.14. The summed E-state index contributed by atoms with van der Waals surface area (Å²) in [6, 6.07) is 3.64. The average Bonchev–Trinajstić information content (AvgIpc) is 2.38. The Bertz CT molecular complexity index is 581. The van der Waals surface area contributed by atoms with Crippen molar-refractivity contribution in [3.63, 3.8) is 0 Å². The summed E-state index contributed by atoms with van der Waals surface area (Å²) in [5.41, 5.74) is 5.67. The van der Waals surface area contributed by atoms with E-state index < -0.39 is 15.8 Å². The predicted octanol–water partition coefficient (Wildman–Crippen LogP) is 2.61. The number of benzene rings is 1. The van der Waals surface area contributed by atoms with Crippen molar-refractivity contribution in [3.05, 3.63) is 24.0 Å². The van der Waals surface area contributed by atoms with Crippen molar-refractivity contribution < 1.29 is 12.8 Å². The Labute approximate surface area is 119 Å². The highest BCUT2D eigenvalue weighted by atomic mass is 32.2. The van der Waals surface area contributed by atoms with Gasteiger partial charge in [-0.1, -0.05) is 6.92 Å². The van der Waals surface area contributed by atoms with Crippen molar-refractivity contribution in [3.8, 4) is 0 Å². The smallest absolute Gasteiger partial charge is 0.245 e. The molecule has 0 amide bonds. The Morgan fingerprint density at radius 1 is 1.25 bits per heavy atom. The molecule has 0 aromatic heterocycles. The topological polar surface area (TPSA) is 63.4 Å². The molecule has 6 heteroatoms. The van der Waals surface area contributed by atoms with Crippen molar-refractivity contribution in [1.29, 1.82) is 0 Å². The third-order valence-electron chi connectivity index (χ3n) is 4.11. The van der Waals surface area contributed by atoms with E-state index in [1.54, 1.807) is 0 Å². The summed E-state index contributed by atoms with van der Waals surface area (Å²) in [5, 5.41) is 0. The SMILES string of the molecule is CC1CCC(N(C)S(=O)(=O)c2ccc(N)cc2F)CC1. The van der Waals surface area contributed by atoms with Crippen molar-refractivity contribution >= 4 is 15.7 Å². The summed E-state index contributed by atoms with van der Waals surface area (Å²) in [4.78, 5) is -0.298. The third-order valence-corrected chi connectivity index (χ3v) is 6.06. The van der Waals surface area contributed by atoms with Crippen LogP contribution in [-0.2, 0) is 10.0 Å². The highest BCUT2D eigenvalue weighted by molar-refractivity contribution is 7.89. The molecule has 2 N–H and O–H groups in total. The van der Waals surface area contributed by atoms with Gasteiger partial charge < -0.3 is 5.73 Å². The Morgan fingerprint density at radius 2 is 1.85 bits per heavy atom. The number of nitrogen functional groups attached to an aromatic ring is 1. The minimum Gasteiger partial charge on any atom is -0.399 e. The second-order valence-electron chi connectivity index (χ2n) is 5.62. The minimum absolute atomic E-state index is 0.0480. The van der Waals surface area contributed by atoms with Gasteiger partial charge in [0.05, 0.1) is 0 Å². The van der Waals surface area contributed by atoms with Crippen LogP contribution in [0.3, 0.4) is 0 Å². The van der Waals surface area contributed by atoms with Gasteiger partial charge in [0, 0.05) is 18.8 Å². The van der Waals surface area contributed by atoms with Gasteiger partial charge in [-0.15, -0.1) is 0 Å². The van der Waals surface area contributed by atoms with Crippen LogP contribution in [0.1, 0.15) is 32.6 Å². The molecule has 0 unspecified atom stereocenters. The van der Waals surface area contributed by atoms with Crippen LogP contribution in [0, 0.1) is 11.7 Å². The van der Waals surface area contributed by atoms with E-state index in [-0.39, 0.29) is 16.6 Å². The van der Waals surface area contributed by atoms with E-state index in [1.807, 2.05) is 0 Å². The van der Waals surface area contributed by atoms with E-state index in [1.165, 1.54) is 23.5 Å². The number of hydrogen-bond acceptors (Lipinski definition) is 3. The summed E-state index contributed by atoms with van der Waals surface area (Å²) >= 11 is 0. The van der Waals surface area contributed by atoms with Gasteiger partial charge in [-0.2, -0.15) is 4.31 Å². The van der Waals surface area contributed by atoms with Crippen LogP contribution in [0.2, 0.25) is 0 Å². The van der Waals surface area contributed by atoms with Gasteiger partial charge in [0.2, 0.25) is 10.0 Å². The number of sulfonamides is 1. The summed E-state index contributed by atoms with van der Waals surface area (Å²) in [7, 11) is -2.27. The third kappa shape index (κ3) is 2.96. The maximum Gasteiger partial charge on any atom is 0.245 e.